The van der Waals surface area contributed by atoms with E-state index in [2.05, 4.69) is 5.32 Å². The number of halogens is 3. The van der Waals surface area contributed by atoms with Crippen molar-refractivity contribution >= 4 is 17.5 Å². The summed E-state index contributed by atoms with van der Waals surface area (Å²) in [6, 6.07) is 12.0. The van der Waals surface area contributed by atoms with Crippen molar-refractivity contribution in [2.24, 2.45) is 5.92 Å². The number of anilines is 1. The Morgan fingerprint density at radius 1 is 1.18 bits per heavy atom. The van der Waals surface area contributed by atoms with Crippen molar-refractivity contribution < 1.29 is 27.5 Å². The monoisotopic (exact) mass is 392 g/mol. The number of nitrogens with zero attached hydrogens (tertiary/aromatic N) is 1. The van der Waals surface area contributed by atoms with E-state index in [0.29, 0.717) is 5.75 Å². The molecule has 3 rings (SSSR count). The molecule has 0 bridgehead atoms. The highest BCUT2D eigenvalue weighted by Crippen LogP contribution is 2.38. The summed E-state index contributed by atoms with van der Waals surface area (Å²) in [4.78, 5) is 25.7. The lowest BCUT2D eigenvalue weighted by molar-refractivity contribution is -0.137. The van der Waals surface area contributed by atoms with Crippen molar-refractivity contribution in [2.75, 3.05) is 18.6 Å². The normalized spacial score (nSPS) is 16.9. The number of hydrogen-bond donors (Lipinski definition) is 1. The van der Waals surface area contributed by atoms with Crippen molar-refractivity contribution in [3.63, 3.8) is 0 Å². The molecule has 1 saturated heterocycles. The fraction of sp³-hybridized carbons (Fsp3) is 0.300. The molecule has 0 radical (unpaired) electrons. The quantitative estimate of drug-likeness (QED) is 0.849. The van der Waals surface area contributed by atoms with E-state index < -0.39 is 23.6 Å². The van der Waals surface area contributed by atoms with Crippen LogP contribution in [0.25, 0.3) is 0 Å². The zero-order chi connectivity index (χ0) is 20.3. The molecule has 2 aromatic carbocycles. The van der Waals surface area contributed by atoms with Gasteiger partial charge in [-0.1, -0.05) is 24.3 Å². The molecule has 0 aromatic heterocycles. The molecule has 0 aliphatic carbocycles. The van der Waals surface area contributed by atoms with Crippen LogP contribution in [0.5, 0.6) is 5.75 Å². The Morgan fingerprint density at radius 2 is 1.86 bits per heavy atom. The highest BCUT2D eigenvalue weighted by Gasteiger charge is 2.40. The minimum Gasteiger partial charge on any atom is -0.497 e. The van der Waals surface area contributed by atoms with E-state index in [-0.39, 0.29) is 31.1 Å². The second kappa shape index (κ2) is 7.92. The van der Waals surface area contributed by atoms with E-state index in [1.165, 1.54) is 18.2 Å². The van der Waals surface area contributed by atoms with Crippen molar-refractivity contribution in [1.82, 2.24) is 5.32 Å². The van der Waals surface area contributed by atoms with Gasteiger partial charge in [0.15, 0.2) is 0 Å². The first-order chi connectivity index (χ1) is 13.3. The maximum atomic E-state index is 13.2. The molecule has 1 atom stereocenters. The minimum atomic E-state index is -4.58. The summed E-state index contributed by atoms with van der Waals surface area (Å²) in [6.07, 6.45) is -4.70. The Morgan fingerprint density at radius 3 is 2.50 bits per heavy atom. The van der Waals surface area contributed by atoms with Crippen LogP contribution in [0, 0.1) is 5.92 Å². The van der Waals surface area contributed by atoms with Gasteiger partial charge in [-0.05, 0) is 29.8 Å². The Bertz CT molecular complexity index is 866. The molecule has 1 fully saturated rings. The highest BCUT2D eigenvalue weighted by molar-refractivity contribution is 6.00. The van der Waals surface area contributed by atoms with Crippen LogP contribution >= 0.6 is 0 Å². The van der Waals surface area contributed by atoms with E-state index >= 15 is 0 Å². The van der Waals surface area contributed by atoms with Gasteiger partial charge in [-0.15, -0.1) is 0 Å². The molecule has 148 valence electrons. The van der Waals surface area contributed by atoms with Gasteiger partial charge in [0.1, 0.15) is 5.75 Å². The van der Waals surface area contributed by atoms with Crippen LogP contribution in [0.1, 0.15) is 17.5 Å². The zero-order valence-corrected chi connectivity index (χ0v) is 15.1. The molecule has 28 heavy (non-hydrogen) atoms. The summed E-state index contributed by atoms with van der Waals surface area (Å²) in [5.74, 6) is -0.875. The first-order valence-corrected chi connectivity index (χ1v) is 8.67. The van der Waals surface area contributed by atoms with E-state index in [1.807, 2.05) is 0 Å². The van der Waals surface area contributed by atoms with Crippen LogP contribution in [-0.2, 0) is 22.3 Å². The lowest BCUT2D eigenvalue weighted by atomic mass is 10.1. The zero-order valence-electron chi connectivity index (χ0n) is 15.1. The van der Waals surface area contributed by atoms with Gasteiger partial charge in [0, 0.05) is 19.5 Å². The molecule has 2 aromatic rings. The summed E-state index contributed by atoms with van der Waals surface area (Å²) < 4.78 is 44.7. The summed E-state index contributed by atoms with van der Waals surface area (Å²) in [5.41, 5.74) is -0.258. The fourth-order valence-corrected chi connectivity index (χ4v) is 3.14. The minimum absolute atomic E-state index is 0.0830. The van der Waals surface area contributed by atoms with Gasteiger partial charge in [-0.3, -0.25) is 9.59 Å². The lowest BCUT2D eigenvalue weighted by Gasteiger charge is -2.21. The Hall–Kier alpha value is -3.03. The summed E-state index contributed by atoms with van der Waals surface area (Å²) >= 11 is 0. The molecule has 2 amide bonds. The number of carbonyl (C=O) groups is 2. The second-order valence-electron chi connectivity index (χ2n) is 6.49. The number of para-hydroxylation sites is 1. The molecule has 1 unspecified atom stereocenters. The summed E-state index contributed by atoms with van der Waals surface area (Å²) in [5, 5.41) is 2.73. The molecular formula is C20H19F3N2O3. The predicted octanol–water partition coefficient (Wildman–Crippen LogP) is 3.38. The fourth-order valence-electron chi connectivity index (χ4n) is 3.14. The van der Waals surface area contributed by atoms with E-state index in [0.717, 1.165) is 16.5 Å². The number of ether oxygens (including phenoxy) is 1. The van der Waals surface area contributed by atoms with Gasteiger partial charge in [0.05, 0.1) is 24.3 Å². The maximum Gasteiger partial charge on any atom is 0.418 e. The van der Waals surface area contributed by atoms with Crippen molar-refractivity contribution in [2.45, 2.75) is 19.1 Å². The number of nitrogens with one attached hydrogen (secondary N) is 1. The molecule has 8 heteroatoms. The van der Waals surface area contributed by atoms with E-state index in [4.69, 9.17) is 4.74 Å². The number of hydrogen-bond acceptors (Lipinski definition) is 3. The first-order valence-electron chi connectivity index (χ1n) is 8.67. The number of methoxy groups -OCH3 is 1. The van der Waals surface area contributed by atoms with Crippen LogP contribution in [-0.4, -0.2) is 25.5 Å². The van der Waals surface area contributed by atoms with Crippen molar-refractivity contribution in [3.8, 4) is 5.75 Å². The third-order valence-corrected chi connectivity index (χ3v) is 4.62. The SMILES string of the molecule is COc1ccc(CNC(=O)C2CC(=O)N(c3ccccc3C(F)(F)F)C2)cc1. The molecule has 5 nitrogen and oxygen atoms in total. The van der Waals surface area contributed by atoms with Crippen LogP contribution in [0.4, 0.5) is 18.9 Å². The van der Waals surface area contributed by atoms with Gasteiger partial charge >= 0.3 is 6.18 Å². The third kappa shape index (κ3) is 4.27. The van der Waals surface area contributed by atoms with Crippen molar-refractivity contribution in [1.29, 1.82) is 0 Å². The number of rotatable bonds is 5. The number of benzene rings is 2. The van der Waals surface area contributed by atoms with Gasteiger partial charge in [0.25, 0.3) is 0 Å². The lowest BCUT2D eigenvalue weighted by Crippen LogP contribution is -2.33. The Labute approximate surface area is 160 Å². The van der Waals surface area contributed by atoms with Crippen molar-refractivity contribution in [3.05, 3.63) is 59.7 Å². The number of carbonyl (C=O) groups excluding carboxylic acids is 2. The van der Waals surface area contributed by atoms with Gasteiger partial charge < -0.3 is 15.0 Å². The topological polar surface area (TPSA) is 58.6 Å². The number of amides is 2. The Kier molecular flexibility index (Phi) is 5.58. The number of alkyl halides is 3. The summed E-state index contributed by atoms with van der Waals surface area (Å²) in [7, 11) is 1.55. The van der Waals surface area contributed by atoms with E-state index in [1.54, 1.807) is 31.4 Å². The van der Waals surface area contributed by atoms with Crippen LogP contribution < -0.4 is 15.0 Å². The summed E-state index contributed by atoms with van der Waals surface area (Å²) in [6.45, 7) is 0.174. The molecule has 1 aliphatic rings. The molecule has 1 N–H and O–H groups in total. The molecule has 0 spiro atoms. The average molecular weight is 392 g/mol. The highest BCUT2D eigenvalue weighted by atomic mass is 19.4. The smallest absolute Gasteiger partial charge is 0.418 e. The average Bonchev–Trinajstić information content (AvgIpc) is 3.07. The van der Waals surface area contributed by atoms with Crippen LogP contribution in [0.2, 0.25) is 0 Å². The van der Waals surface area contributed by atoms with Gasteiger partial charge in [-0.2, -0.15) is 13.2 Å². The second-order valence-corrected chi connectivity index (χ2v) is 6.49. The standard InChI is InChI=1S/C20H19F3N2O3/c1-28-15-8-6-13(7-9-15)11-24-19(27)14-10-18(26)25(12-14)17-5-3-2-4-16(17)20(21,22)23/h2-9,14H,10-12H2,1H3,(H,24,27). The molecule has 1 aliphatic heterocycles. The largest absolute Gasteiger partial charge is 0.497 e. The van der Waals surface area contributed by atoms with Gasteiger partial charge in [0.2, 0.25) is 11.8 Å². The Balaban J connectivity index is 1.66. The van der Waals surface area contributed by atoms with E-state index in [9.17, 15) is 22.8 Å². The third-order valence-electron chi connectivity index (χ3n) is 4.62. The van der Waals surface area contributed by atoms with Gasteiger partial charge in [-0.25, -0.2) is 0 Å². The first kappa shape index (κ1) is 19.7. The van der Waals surface area contributed by atoms with Crippen LogP contribution in [0.3, 0.4) is 0 Å². The molecular weight excluding hydrogens is 373 g/mol. The predicted molar refractivity (Wildman–Crippen MR) is 96.7 cm³/mol. The van der Waals surface area contributed by atoms with Crippen LogP contribution in [0.15, 0.2) is 48.5 Å². The molecule has 0 saturated carbocycles. The molecule has 1 heterocycles. The maximum absolute atomic E-state index is 13.2.